The maximum atomic E-state index is 13.4. The average molecular weight is 482 g/mol. The lowest BCUT2D eigenvalue weighted by Crippen LogP contribution is -2.16. The maximum Gasteiger partial charge on any atom is 0.374 e. The summed E-state index contributed by atoms with van der Waals surface area (Å²) in [4.78, 5) is 12.1. The third-order valence-electron chi connectivity index (χ3n) is 5.64. The molecule has 0 unspecified atom stereocenters. The number of anilines is 1. The number of carbonyl (C=O) groups excluding carboxylic acids is 1. The summed E-state index contributed by atoms with van der Waals surface area (Å²) in [6.07, 6.45) is 0. The van der Waals surface area contributed by atoms with Crippen molar-refractivity contribution in [1.29, 1.82) is 0 Å². The minimum Gasteiger partial charge on any atom is -0.460 e. The van der Waals surface area contributed by atoms with Crippen molar-refractivity contribution in [2.24, 2.45) is 0 Å². The fourth-order valence-corrected chi connectivity index (χ4v) is 4.94. The Morgan fingerprint density at radius 3 is 2.41 bits per heavy atom. The first-order valence-corrected chi connectivity index (χ1v) is 12.3. The van der Waals surface area contributed by atoms with Crippen LogP contribution < -0.4 is 5.73 Å². The average Bonchev–Trinajstić information content (AvgIpc) is 3.34. The Labute approximate surface area is 198 Å². The van der Waals surface area contributed by atoms with Crippen molar-refractivity contribution in [2.75, 3.05) is 12.3 Å². The summed E-state index contributed by atoms with van der Waals surface area (Å²) in [7, 11) is -4.09. The van der Waals surface area contributed by atoms with Crippen LogP contribution in [0.4, 0.5) is 5.82 Å². The van der Waals surface area contributed by atoms with Crippen LogP contribution >= 0.6 is 0 Å². The van der Waals surface area contributed by atoms with Crippen LogP contribution in [0.1, 0.15) is 49.4 Å². The van der Waals surface area contributed by atoms with Crippen LogP contribution in [0.2, 0.25) is 0 Å². The summed E-state index contributed by atoms with van der Waals surface area (Å²) in [5.74, 6) is -0.559. The van der Waals surface area contributed by atoms with Gasteiger partial charge in [0.15, 0.2) is 0 Å². The van der Waals surface area contributed by atoms with Gasteiger partial charge in [-0.3, -0.25) is 0 Å². The molecule has 0 spiro atoms. The molecule has 2 heterocycles. The third-order valence-corrected chi connectivity index (χ3v) is 7.24. The van der Waals surface area contributed by atoms with E-state index in [4.69, 9.17) is 14.9 Å². The van der Waals surface area contributed by atoms with Crippen LogP contribution in [0.15, 0.2) is 57.8 Å². The van der Waals surface area contributed by atoms with Crippen molar-refractivity contribution in [3.05, 3.63) is 65.4 Å². The summed E-state index contributed by atoms with van der Waals surface area (Å²) >= 11 is 0. The second kappa shape index (κ2) is 8.32. The number of hydrogen-bond acceptors (Lipinski definition) is 7. The van der Waals surface area contributed by atoms with Crippen LogP contribution in [0.5, 0.6) is 0 Å². The molecule has 8 nitrogen and oxygen atoms in total. The topological polar surface area (TPSA) is 117 Å². The number of aryl methyl sites for hydroxylation is 1. The third kappa shape index (κ3) is 4.07. The molecule has 9 heteroatoms. The molecule has 0 amide bonds. The van der Waals surface area contributed by atoms with E-state index in [0.29, 0.717) is 22.2 Å². The highest BCUT2D eigenvalue weighted by atomic mass is 32.2. The number of hydrogen-bond donors (Lipinski definition) is 1. The molecule has 2 N–H and O–H groups in total. The monoisotopic (exact) mass is 481 g/mol. The van der Waals surface area contributed by atoms with Crippen molar-refractivity contribution in [2.45, 2.75) is 44.9 Å². The van der Waals surface area contributed by atoms with Gasteiger partial charge < -0.3 is 14.9 Å². The first-order chi connectivity index (χ1) is 15.9. The molecule has 0 radical (unpaired) electrons. The van der Waals surface area contributed by atoms with Crippen molar-refractivity contribution >= 4 is 32.8 Å². The fourth-order valence-electron chi connectivity index (χ4n) is 3.71. The molecule has 0 atom stereocenters. The number of carbonyl (C=O) groups is 1. The van der Waals surface area contributed by atoms with Gasteiger partial charge in [-0.05, 0) is 43.0 Å². The summed E-state index contributed by atoms with van der Waals surface area (Å²) in [5.41, 5.74) is 9.30. The normalized spacial score (nSPS) is 12.3. The second-order valence-electron chi connectivity index (χ2n) is 9.06. The lowest BCUT2D eigenvalue weighted by molar-refractivity contribution is 0.0491. The number of aromatic nitrogens is 2. The molecule has 0 fully saturated rings. The molecule has 34 heavy (non-hydrogen) atoms. The predicted molar refractivity (Wildman–Crippen MR) is 130 cm³/mol. The molecular formula is C25H27N3O5S. The molecule has 2 aromatic heterocycles. The van der Waals surface area contributed by atoms with Crippen LogP contribution in [0.25, 0.3) is 22.2 Å². The minimum atomic E-state index is -4.09. The molecule has 178 valence electrons. The number of furan rings is 1. The zero-order valence-electron chi connectivity index (χ0n) is 19.7. The van der Waals surface area contributed by atoms with Crippen LogP contribution in [-0.2, 0) is 20.2 Å². The molecular weight excluding hydrogens is 454 g/mol. The Balaban J connectivity index is 1.73. The van der Waals surface area contributed by atoms with Gasteiger partial charge in [-0.2, -0.15) is 13.5 Å². The maximum absolute atomic E-state index is 13.4. The number of esters is 1. The van der Waals surface area contributed by atoms with Gasteiger partial charge in [-0.1, -0.05) is 45.0 Å². The fraction of sp³-hybridized carbons (Fsp3) is 0.280. The number of nitrogen functional groups attached to an aromatic ring is 1. The number of nitrogens with two attached hydrogens (primary N) is 1. The van der Waals surface area contributed by atoms with Crippen molar-refractivity contribution in [1.82, 2.24) is 9.19 Å². The highest BCUT2D eigenvalue weighted by molar-refractivity contribution is 7.90. The van der Waals surface area contributed by atoms with E-state index in [2.05, 4.69) is 25.9 Å². The minimum absolute atomic E-state index is 0.00272. The van der Waals surface area contributed by atoms with Crippen LogP contribution in [-0.4, -0.2) is 30.2 Å². The molecule has 0 bridgehead atoms. The highest BCUT2D eigenvalue weighted by Crippen LogP contribution is 2.31. The highest BCUT2D eigenvalue weighted by Gasteiger charge is 2.25. The molecule has 0 saturated heterocycles. The Bertz CT molecular complexity index is 1490. The first-order valence-electron chi connectivity index (χ1n) is 10.9. The quantitative estimate of drug-likeness (QED) is 0.403. The second-order valence-corrected chi connectivity index (χ2v) is 10.8. The molecule has 4 aromatic rings. The van der Waals surface area contributed by atoms with Crippen LogP contribution in [0.3, 0.4) is 0 Å². The van der Waals surface area contributed by atoms with Crippen molar-refractivity contribution in [3.63, 3.8) is 0 Å². The van der Waals surface area contributed by atoms with Gasteiger partial charge in [0.2, 0.25) is 5.76 Å². The Morgan fingerprint density at radius 1 is 1.12 bits per heavy atom. The summed E-state index contributed by atoms with van der Waals surface area (Å²) in [6, 6.07) is 13.7. The lowest BCUT2D eigenvalue weighted by Gasteiger charge is -2.18. The Hall–Kier alpha value is -3.59. The van der Waals surface area contributed by atoms with Crippen LogP contribution in [0, 0.1) is 6.92 Å². The molecule has 0 saturated carbocycles. The van der Waals surface area contributed by atoms with Gasteiger partial charge in [0, 0.05) is 22.6 Å². The van der Waals surface area contributed by atoms with E-state index in [1.54, 1.807) is 13.8 Å². The van der Waals surface area contributed by atoms with E-state index in [1.807, 2.05) is 24.3 Å². The van der Waals surface area contributed by atoms with E-state index in [0.717, 1.165) is 15.2 Å². The molecule has 0 aliphatic carbocycles. The number of rotatable bonds is 5. The van der Waals surface area contributed by atoms with E-state index in [1.165, 1.54) is 24.3 Å². The summed E-state index contributed by atoms with van der Waals surface area (Å²) < 4.78 is 38.2. The van der Waals surface area contributed by atoms with E-state index >= 15 is 0 Å². The molecule has 2 aromatic carbocycles. The van der Waals surface area contributed by atoms with Gasteiger partial charge in [0.1, 0.15) is 11.4 Å². The van der Waals surface area contributed by atoms with Crippen molar-refractivity contribution in [3.8, 4) is 11.3 Å². The van der Waals surface area contributed by atoms with Gasteiger partial charge in [0.25, 0.3) is 10.0 Å². The molecule has 4 rings (SSSR count). The summed E-state index contributed by atoms with van der Waals surface area (Å²) in [5, 5.41) is 4.78. The Kier molecular flexibility index (Phi) is 5.77. The van der Waals surface area contributed by atoms with E-state index < -0.39 is 16.0 Å². The van der Waals surface area contributed by atoms with E-state index in [9.17, 15) is 13.2 Å². The van der Waals surface area contributed by atoms with Gasteiger partial charge >= 0.3 is 5.97 Å². The molecule has 0 aliphatic heterocycles. The van der Waals surface area contributed by atoms with Gasteiger partial charge in [-0.25, -0.2) is 4.79 Å². The number of ether oxygens (including phenoxy) is 1. The van der Waals surface area contributed by atoms with Gasteiger partial charge in [0.05, 0.1) is 17.2 Å². The number of fused-ring (bicyclic) bond motifs is 1. The smallest absolute Gasteiger partial charge is 0.374 e. The predicted octanol–water partition coefficient (Wildman–Crippen LogP) is 4.90. The van der Waals surface area contributed by atoms with Gasteiger partial charge in [-0.15, -0.1) is 4.09 Å². The van der Waals surface area contributed by atoms with E-state index in [-0.39, 0.29) is 28.5 Å². The standard InChI is InChI=1S/C25H27N3O5S/c1-6-32-24(29)23-15(2)19-13-18(11-12-21(19)33-23)34(30,31)28-22(26)14-20(27-28)16-7-9-17(10-8-16)25(3,4)5/h7-14H,6,26H2,1-5H3. The number of nitrogens with zero attached hydrogens (tertiary/aromatic N) is 2. The summed E-state index contributed by atoms with van der Waals surface area (Å²) in [6.45, 7) is 9.94. The largest absolute Gasteiger partial charge is 0.460 e. The van der Waals surface area contributed by atoms with Crippen molar-refractivity contribution < 1.29 is 22.4 Å². The molecule has 0 aliphatic rings. The SMILES string of the molecule is CCOC(=O)c1oc2ccc(S(=O)(=O)n3nc(-c4ccc(C(C)(C)C)cc4)cc3N)cc2c1C. The lowest BCUT2D eigenvalue weighted by atomic mass is 9.86. The Morgan fingerprint density at radius 2 is 1.79 bits per heavy atom. The first kappa shape index (κ1) is 23.6. The zero-order valence-corrected chi connectivity index (χ0v) is 20.6. The zero-order chi connectivity index (χ0) is 24.8. The number of benzene rings is 2.